The molecule has 0 fully saturated rings. The van der Waals surface area contributed by atoms with Crippen molar-refractivity contribution in [3.63, 3.8) is 0 Å². The SMILES string of the molecule is CC(C)(C)C1=NOC(C)(C(=O)O/N=C(\Cl)c2cc(Cl)ccc2Cl)C1. The predicted molar refractivity (Wildman–Crippen MR) is 95.9 cm³/mol. The van der Waals surface area contributed by atoms with Crippen LogP contribution >= 0.6 is 34.8 Å². The second kappa shape index (κ2) is 6.90. The first kappa shape index (κ1) is 19.0. The van der Waals surface area contributed by atoms with Crippen molar-refractivity contribution in [1.29, 1.82) is 0 Å². The van der Waals surface area contributed by atoms with Gasteiger partial charge in [-0.2, -0.15) is 0 Å². The van der Waals surface area contributed by atoms with Gasteiger partial charge in [0.1, 0.15) is 0 Å². The van der Waals surface area contributed by atoms with Crippen LogP contribution in [0.5, 0.6) is 0 Å². The molecule has 130 valence electrons. The fraction of sp³-hybridized carbons (Fsp3) is 0.438. The standard InChI is InChI=1S/C16H17Cl3N2O3/c1-15(2,3)12-8-16(4,24-20-12)14(22)23-21-13(19)10-7-9(17)5-6-11(10)18/h5-7H,8H2,1-4H3/b21-13-. The Balaban J connectivity index is 2.09. The van der Waals surface area contributed by atoms with Crippen molar-refractivity contribution < 1.29 is 14.5 Å². The fourth-order valence-corrected chi connectivity index (χ4v) is 2.55. The molecule has 1 aromatic rings. The zero-order valence-corrected chi connectivity index (χ0v) is 16.0. The molecule has 0 aromatic heterocycles. The van der Waals surface area contributed by atoms with Gasteiger partial charge >= 0.3 is 5.97 Å². The first-order valence-electron chi connectivity index (χ1n) is 7.19. The lowest BCUT2D eigenvalue weighted by atomic mass is 9.84. The van der Waals surface area contributed by atoms with Gasteiger partial charge in [-0.25, -0.2) is 4.79 Å². The quantitative estimate of drug-likeness (QED) is 0.413. The third-order valence-corrected chi connectivity index (χ3v) is 4.36. The zero-order valence-electron chi connectivity index (χ0n) is 13.7. The van der Waals surface area contributed by atoms with E-state index in [9.17, 15) is 4.79 Å². The van der Waals surface area contributed by atoms with Crippen molar-refractivity contribution in [3.8, 4) is 0 Å². The van der Waals surface area contributed by atoms with E-state index in [4.69, 9.17) is 44.5 Å². The minimum Gasteiger partial charge on any atom is -0.377 e. The van der Waals surface area contributed by atoms with E-state index in [-0.39, 0.29) is 10.6 Å². The van der Waals surface area contributed by atoms with Gasteiger partial charge in [0.25, 0.3) is 0 Å². The number of hydrogen-bond donors (Lipinski definition) is 0. The van der Waals surface area contributed by atoms with Crippen LogP contribution in [0, 0.1) is 5.41 Å². The summed E-state index contributed by atoms with van der Waals surface area (Å²) in [7, 11) is 0. The van der Waals surface area contributed by atoms with Crippen molar-refractivity contribution in [3.05, 3.63) is 33.8 Å². The highest BCUT2D eigenvalue weighted by Crippen LogP contribution is 2.33. The molecule has 0 saturated heterocycles. The van der Waals surface area contributed by atoms with Crippen LogP contribution in [0.1, 0.15) is 39.7 Å². The Hall–Kier alpha value is -1.30. The number of oxime groups is 2. The molecule has 0 spiro atoms. The summed E-state index contributed by atoms with van der Waals surface area (Å²) in [4.78, 5) is 22.5. The van der Waals surface area contributed by atoms with Crippen LogP contribution < -0.4 is 0 Å². The lowest BCUT2D eigenvalue weighted by molar-refractivity contribution is -0.167. The molecule has 24 heavy (non-hydrogen) atoms. The van der Waals surface area contributed by atoms with Crippen LogP contribution in [0.15, 0.2) is 28.5 Å². The lowest BCUT2D eigenvalue weighted by Gasteiger charge is -2.20. The van der Waals surface area contributed by atoms with Crippen molar-refractivity contribution in [1.82, 2.24) is 0 Å². The summed E-state index contributed by atoms with van der Waals surface area (Å²) in [6.07, 6.45) is 0.320. The number of hydrogen-bond acceptors (Lipinski definition) is 5. The van der Waals surface area contributed by atoms with Crippen LogP contribution in [0.4, 0.5) is 0 Å². The average molecular weight is 392 g/mol. The van der Waals surface area contributed by atoms with Gasteiger partial charge in [0.15, 0.2) is 5.17 Å². The molecule has 0 radical (unpaired) electrons. The maximum Gasteiger partial charge on any atom is 0.381 e. The van der Waals surface area contributed by atoms with E-state index >= 15 is 0 Å². The van der Waals surface area contributed by atoms with Gasteiger partial charge in [-0.15, -0.1) is 0 Å². The summed E-state index contributed by atoms with van der Waals surface area (Å²) in [6, 6.07) is 4.71. The number of halogens is 3. The summed E-state index contributed by atoms with van der Waals surface area (Å²) in [5.74, 6) is -0.693. The zero-order chi connectivity index (χ0) is 18.1. The first-order valence-corrected chi connectivity index (χ1v) is 8.32. The maximum absolute atomic E-state index is 12.3. The average Bonchev–Trinajstić information content (AvgIpc) is 2.91. The molecule has 1 aliphatic rings. The molecule has 0 bridgehead atoms. The Morgan fingerprint density at radius 2 is 2.04 bits per heavy atom. The monoisotopic (exact) mass is 390 g/mol. The molecule has 0 N–H and O–H groups in total. The molecule has 1 aromatic carbocycles. The summed E-state index contributed by atoms with van der Waals surface area (Å²) < 4.78 is 0. The second-order valence-electron chi connectivity index (χ2n) is 6.67. The van der Waals surface area contributed by atoms with Gasteiger partial charge in [-0.1, -0.05) is 65.9 Å². The topological polar surface area (TPSA) is 60.2 Å². The van der Waals surface area contributed by atoms with E-state index in [0.29, 0.717) is 22.0 Å². The predicted octanol–water partition coefficient (Wildman–Crippen LogP) is 5.02. The highest BCUT2D eigenvalue weighted by Gasteiger charge is 2.46. The van der Waals surface area contributed by atoms with E-state index in [0.717, 1.165) is 5.71 Å². The Kier molecular flexibility index (Phi) is 5.47. The summed E-state index contributed by atoms with van der Waals surface area (Å²) in [5.41, 5.74) is -0.299. The van der Waals surface area contributed by atoms with Gasteiger partial charge < -0.3 is 9.68 Å². The molecule has 1 heterocycles. The number of carbonyl (C=O) groups is 1. The van der Waals surface area contributed by atoms with E-state index in [2.05, 4.69) is 10.3 Å². The molecule has 0 amide bonds. The third kappa shape index (κ3) is 4.21. The smallest absolute Gasteiger partial charge is 0.377 e. The molecule has 1 unspecified atom stereocenters. The van der Waals surface area contributed by atoms with Crippen molar-refractivity contribution in [2.75, 3.05) is 0 Å². The minimum absolute atomic E-state index is 0.0885. The molecule has 1 atom stereocenters. The van der Waals surface area contributed by atoms with Crippen molar-refractivity contribution in [2.24, 2.45) is 15.7 Å². The van der Waals surface area contributed by atoms with Crippen LogP contribution in [-0.2, 0) is 14.5 Å². The largest absolute Gasteiger partial charge is 0.381 e. The second-order valence-corrected chi connectivity index (χ2v) is 7.87. The van der Waals surface area contributed by atoms with Gasteiger partial charge in [-0.05, 0) is 25.1 Å². The summed E-state index contributed by atoms with van der Waals surface area (Å²) in [5, 5.41) is 8.30. The van der Waals surface area contributed by atoms with Crippen molar-refractivity contribution >= 4 is 51.7 Å². The molecule has 0 aliphatic carbocycles. The Morgan fingerprint density at radius 3 is 2.62 bits per heavy atom. The Labute approximate surface area is 155 Å². The van der Waals surface area contributed by atoms with Gasteiger partial charge in [0, 0.05) is 22.4 Å². The Morgan fingerprint density at radius 1 is 1.38 bits per heavy atom. The van der Waals surface area contributed by atoms with Crippen LogP contribution in [0.3, 0.4) is 0 Å². The first-order chi connectivity index (χ1) is 11.0. The molecular weight excluding hydrogens is 375 g/mol. The van der Waals surface area contributed by atoms with E-state index in [1.807, 2.05) is 20.8 Å². The fourth-order valence-electron chi connectivity index (χ4n) is 1.93. The van der Waals surface area contributed by atoms with Gasteiger partial charge in [0.2, 0.25) is 5.60 Å². The molecule has 5 nitrogen and oxygen atoms in total. The highest BCUT2D eigenvalue weighted by atomic mass is 35.5. The lowest BCUT2D eigenvalue weighted by Crippen LogP contribution is -2.37. The number of nitrogens with zero attached hydrogens (tertiary/aromatic N) is 2. The Bertz CT molecular complexity index is 726. The highest BCUT2D eigenvalue weighted by molar-refractivity contribution is 6.70. The van der Waals surface area contributed by atoms with Crippen molar-refractivity contribution in [2.45, 2.75) is 39.7 Å². The minimum atomic E-state index is -1.23. The van der Waals surface area contributed by atoms with E-state index < -0.39 is 11.6 Å². The van der Waals surface area contributed by atoms with Gasteiger partial charge in [-0.3, -0.25) is 0 Å². The maximum atomic E-state index is 12.3. The van der Waals surface area contributed by atoms with Crippen LogP contribution in [0.25, 0.3) is 0 Å². The molecule has 2 rings (SSSR count). The normalized spacial score (nSPS) is 21.3. The van der Waals surface area contributed by atoms with Crippen LogP contribution in [-0.4, -0.2) is 22.5 Å². The number of carbonyl (C=O) groups excluding carboxylic acids is 1. The summed E-state index contributed by atoms with van der Waals surface area (Å²) >= 11 is 18.0. The number of benzene rings is 1. The molecular formula is C16H17Cl3N2O3. The molecule has 0 saturated carbocycles. The van der Waals surface area contributed by atoms with E-state index in [1.54, 1.807) is 19.1 Å². The third-order valence-electron chi connectivity index (χ3n) is 3.52. The number of rotatable bonds is 3. The van der Waals surface area contributed by atoms with E-state index in [1.165, 1.54) is 6.07 Å². The van der Waals surface area contributed by atoms with Crippen LogP contribution in [0.2, 0.25) is 10.0 Å². The van der Waals surface area contributed by atoms with Gasteiger partial charge in [0.05, 0.1) is 10.7 Å². The molecule has 1 aliphatic heterocycles. The summed E-state index contributed by atoms with van der Waals surface area (Å²) in [6.45, 7) is 7.56. The molecule has 8 heteroatoms.